The van der Waals surface area contributed by atoms with Gasteiger partial charge in [0, 0.05) is 37.2 Å². The van der Waals surface area contributed by atoms with Crippen LogP contribution < -0.4 is 0 Å². The third kappa shape index (κ3) is 4.30. The molecule has 2 aliphatic rings. The van der Waals surface area contributed by atoms with Crippen molar-refractivity contribution in [2.45, 2.75) is 39.3 Å². The van der Waals surface area contributed by atoms with E-state index in [9.17, 15) is 10.1 Å². The molecule has 0 atom stereocenters. The predicted octanol–water partition coefficient (Wildman–Crippen LogP) is 3.35. The Balaban J connectivity index is 1.30. The number of hydrogen-bond donors (Lipinski definition) is 0. The Labute approximate surface area is 160 Å². The second kappa shape index (κ2) is 7.94. The van der Waals surface area contributed by atoms with Crippen LogP contribution >= 0.6 is 0 Å². The third-order valence-electron chi connectivity index (χ3n) is 6.27. The first-order chi connectivity index (χ1) is 13.1. The molecule has 1 aromatic carbocycles. The molecule has 0 spiro atoms. The van der Waals surface area contributed by atoms with Gasteiger partial charge in [-0.3, -0.25) is 19.7 Å². The van der Waals surface area contributed by atoms with E-state index in [4.69, 9.17) is 0 Å². The van der Waals surface area contributed by atoms with Crippen LogP contribution in [0.4, 0.5) is 5.69 Å². The number of fused-ring (bicyclic) bond motifs is 1. The molecule has 2 fully saturated rings. The van der Waals surface area contributed by atoms with Crippen molar-refractivity contribution in [2.24, 2.45) is 11.8 Å². The summed E-state index contributed by atoms with van der Waals surface area (Å²) >= 11 is 0. The molecule has 1 aromatic heterocycles. The Bertz CT molecular complexity index is 789. The average molecular weight is 371 g/mol. The molecule has 0 saturated carbocycles. The Kier molecular flexibility index (Phi) is 5.41. The Morgan fingerprint density at radius 2 is 1.81 bits per heavy atom. The monoisotopic (exact) mass is 371 g/mol. The average Bonchev–Trinajstić information content (AvgIpc) is 3.07. The lowest BCUT2D eigenvalue weighted by atomic mass is 9.93. The number of hydrogen-bond acceptors (Lipinski definition) is 5. The van der Waals surface area contributed by atoms with Crippen molar-refractivity contribution >= 4 is 16.6 Å². The summed E-state index contributed by atoms with van der Waals surface area (Å²) in [6, 6.07) is 4.97. The molecular formula is C20H29N5O2. The smallest absolute Gasteiger partial charge is 0.270 e. The largest absolute Gasteiger partial charge is 0.303 e. The molecule has 27 heavy (non-hydrogen) atoms. The van der Waals surface area contributed by atoms with Gasteiger partial charge in [-0.25, -0.2) is 0 Å². The van der Waals surface area contributed by atoms with E-state index in [2.05, 4.69) is 21.8 Å². The summed E-state index contributed by atoms with van der Waals surface area (Å²) in [5, 5.41) is 16.2. The van der Waals surface area contributed by atoms with Gasteiger partial charge in [-0.2, -0.15) is 5.10 Å². The Morgan fingerprint density at radius 1 is 1.11 bits per heavy atom. The van der Waals surface area contributed by atoms with Gasteiger partial charge in [-0.15, -0.1) is 0 Å². The predicted molar refractivity (Wildman–Crippen MR) is 106 cm³/mol. The van der Waals surface area contributed by atoms with Gasteiger partial charge in [-0.1, -0.05) is 6.92 Å². The van der Waals surface area contributed by atoms with Gasteiger partial charge in [0.2, 0.25) is 0 Å². The fourth-order valence-corrected chi connectivity index (χ4v) is 4.41. The Morgan fingerprint density at radius 3 is 2.52 bits per heavy atom. The van der Waals surface area contributed by atoms with Gasteiger partial charge in [0.1, 0.15) is 0 Å². The highest BCUT2D eigenvalue weighted by Crippen LogP contribution is 2.24. The van der Waals surface area contributed by atoms with Crippen LogP contribution in [0, 0.1) is 22.0 Å². The zero-order valence-corrected chi connectivity index (χ0v) is 16.1. The van der Waals surface area contributed by atoms with Gasteiger partial charge in [0.25, 0.3) is 5.69 Å². The molecule has 3 heterocycles. The van der Waals surface area contributed by atoms with E-state index < -0.39 is 0 Å². The SMILES string of the molecule is CC1CCN(CC2CCN(Cn3ncc4cc([N+](=O)[O-])ccc43)CC2)CC1. The maximum Gasteiger partial charge on any atom is 0.270 e. The number of aromatic nitrogens is 2. The van der Waals surface area contributed by atoms with Gasteiger partial charge in [0.15, 0.2) is 0 Å². The fourth-order valence-electron chi connectivity index (χ4n) is 4.41. The molecule has 0 bridgehead atoms. The van der Waals surface area contributed by atoms with Crippen LogP contribution in [-0.4, -0.2) is 57.2 Å². The number of piperidine rings is 2. The minimum absolute atomic E-state index is 0.120. The van der Waals surface area contributed by atoms with E-state index in [-0.39, 0.29) is 10.6 Å². The highest BCUT2D eigenvalue weighted by Gasteiger charge is 2.24. The first kappa shape index (κ1) is 18.4. The van der Waals surface area contributed by atoms with Crippen LogP contribution in [-0.2, 0) is 6.67 Å². The first-order valence-corrected chi connectivity index (χ1v) is 10.1. The molecule has 0 amide bonds. The number of nitrogens with zero attached hydrogens (tertiary/aromatic N) is 5. The van der Waals surface area contributed by atoms with Crippen molar-refractivity contribution in [3.63, 3.8) is 0 Å². The summed E-state index contributed by atoms with van der Waals surface area (Å²) in [7, 11) is 0. The van der Waals surface area contributed by atoms with Crippen molar-refractivity contribution in [1.82, 2.24) is 19.6 Å². The molecule has 0 radical (unpaired) electrons. The zero-order chi connectivity index (χ0) is 18.8. The van der Waals surface area contributed by atoms with E-state index in [1.54, 1.807) is 18.3 Å². The topological polar surface area (TPSA) is 67.4 Å². The van der Waals surface area contributed by atoms with Crippen LogP contribution in [0.15, 0.2) is 24.4 Å². The number of benzene rings is 1. The van der Waals surface area contributed by atoms with Crippen LogP contribution in [0.5, 0.6) is 0 Å². The van der Waals surface area contributed by atoms with E-state index >= 15 is 0 Å². The molecule has 7 heteroatoms. The van der Waals surface area contributed by atoms with E-state index in [0.29, 0.717) is 0 Å². The molecule has 2 aromatic rings. The molecule has 0 N–H and O–H groups in total. The lowest BCUT2D eigenvalue weighted by molar-refractivity contribution is -0.384. The van der Waals surface area contributed by atoms with Crippen LogP contribution in [0.2, 0.25) is 0 Å². The molecule has 2 aliphatic heterocycles. The number of nitro benzene ring substituents is 1. The highest BCUT2D eigenvalue weighted by atomic mass is 16.6. The summed E-state index contributed by atoms with van der Waals surface area (Å²) in [6.07, 6.45) is 6.92. The van der Waals surface area contributed by atoms with Crippen molar-refractivity contribution in [3.8, 4) is 0 Å². The summed E-state index contributed by atoms with van der Waals surface area (Å²) in [5.74, 6) is 1.71. The van der Waals surface area contributed by atoms with E-state index in [1.165, 1.54) is 45.3 Å². The molecular weight excluding hydrogens is 342 g/mol. The van der Waals surface area contributed by atoms with Gasteiger partial charge in [0.05, 0.1) is 23.3 Å². The molecule has 0 unspecified atom stereocenters. The quantitative estimate of drug-likeness (QED) is 0.596. The number of rotatable bonds is 5. The van der Waals surface area contributed by atoms with E-state index in [1.807, 2.05) is 10.7 Å². The normalized spacial score (nSPS) is 21.1. The third-order valence-corrected chi connectivity index (χ3v) is 6.27. The van der Waals surface area contributed by atoms with Crippen molar-refractivity contribution in [2.75, 3.05) is 32.7 Å². The standard InChI is InChI=1S/C20H29N5O2/c1-16-4-8-22(9-5-16)14-17-6-10-23(11-7-17)15-24-20-3-2-19(25(26)27)12-18(20)13-21-24/h2-3,12-13,16-17H,4-11,14-15H2,1H3. The number of likely N-dealkylation sites (tertiary alicyclic amines) is 2. The summed E-state index contributed by atoms with van der Waals surface area (Å²) < 4.78 is 1.96. The van der Waals surface area contributed by atoms with E-state index in [0.717, 1.165) is 42.5 Å². The summed E-state index contributed by atoms with van der Waals surface area (Å²) in [6.45, 7) is 9.13. The van der Waals surface area contributed by atoms with Crippen LogP contribution in [0.25, 0.3) is 10.9 Å². The maximum absolute atomic E-state index is 10.9. The molecule has 2 saturated heterocycles. The van der Waals surface area contributed by atoms with Crippen molar-refractivity contribution in [1.29, 1.82) is 0 Å². The lowest BCUT2D eigenvalue weighted by Crippen LogP contribution is -2.41. The molecule has 7 nitrogen and oxygen atoms in total. The summed E-state index contributed by atoms with van der Waals surface area (Å²) in [5.41, 5.74) is 1.08. The fraction of sp³-hybridized carbons (Fsp3) is 0.650. The first-order valence-electron chi connectivity index (χ1n) is 10.1. The van der Waals surface area contributed by atoms with Crippen LogP contribution in [0.1, 0.15) is 32.6 Å². The molecule has 4 rings (SSSR count). The van der Waals surface area contributed by atoms with Gasteiger partial charge in [-0.05, 0) is 56.7 Å². The minimum atomic E-state index is -0.357. The zero-order valence-electron chi connectivity index (χ0n) is 16.1. The Hall–Kier alpha value is -1.99. The lowest BCUT2D eigenvalue weighted by Gasteiger charge is -2.37. The van der Waals surface area contributed by atoms with Crippen molar-refractivity contribution < 1.29 is 4.92 Å². The van der Waals surface area contributed by atoms with Crippen LogP contribution in [0.3, 0.4) is 0 Å². The minimum Gasteiger partial charge on any atom is -0.303 e. The second-order valence-corrected chi connectivity index (χ2v) is 8.33. The second-order valence-electron chi connectivity index (χ2n) is 8.33. The number of non-ortho nitro benzene ring substituents is 1. The molecule has 146 valence electrons. The number of nitro groups is 1. The van der Waals surface area contributed by atoms with Crippen molar-refractivity contribution in [3.05, 3.63) is 34.5 Å². The maximum atomic E-state index is 10.9. The highest BCUT2D eigenvalue weighted by molar-refractivity contribution is 5.81. The molecule has 0 aliphatic carbocycles. The van der Waals surface area contributed by atoms with Gasteiger partial charge < -0.3 is 4.90 Å². The summed E-state index contributed by atoms with van der Waals surface area (Å²) in [4.78, 5) is 15.7. The van der Waals surface area contributed by atoms with Gasteiger partial charge >= 0.3 is 0 Å².